The molecule has 0 aromatic carbocycles. The zero-order valence-corrected chi connectivity index (χ0v) is 15.5. The van der Waals surface area contributed by atoms with Crippen LogP contribution < -0.4 is 5.32 Å². The molecular weight excluding hydrogens is 406 g/mol. The molecule has 3 nitrogen and oxygen atoms in total. The number of unbranched alkanes of at least 4 members (excludes halogenated alkanes) is 1. The molecule has 1 aliphatic carbocycles. The number of rotatable bonds is 5. The fourth-order valence-corrected chi connectivity index (χ4v) is 3.25. The summed E-state index contributed by atoms with van der Waals surface area (Å²) in [6, 6.07) is 0. The Balaban J connectivity index is 0.00000242. The van der Waals surface area contributed by atoms with Gasteiger partial charge in [-0.15, -0.1) is 24.0 Å². The van der Waals surface area contributed by atoms with Crippen LogP contribution in [-0.4, -0.2) is 43.2 Å². The number of halogens is 4. The van der Waals surface area contributed by atoms with Gasteiger partial charge >= 0.3 is 6.18 Å². The third kappa shape index (κ3) is 5.77. The highest BCUT2D eigenvalue weighted by Gasteiger charge is 2.43. The van der Waals surface area contributed by atoms with Crippen LogP contribution in [-0.2, 0) is 0 Å². The molecule has 0 unspecified atom stereocenters. The molecule has 1 spiro atoms. The lowest BCUT2D eigenvalue weighted by molar-refractivity contribution is -0.135. The van der Waals surface area contributed by atoms with Crippen molar-refractivity contribution in [2.75, 3.05) is 26.2 Å². The topological polar surface area (TPSA) is 27.6 Å². The summed E-state index contributed by atoms with van der Waals surface area (Å²) in [6.07, 6.45) is 1.10. The van der Waals surface area contributed by atoms with E-state index in [1.165, 1.54) is 25.7 Å². The molecule has 2 aliphatic rings. The van der Waals surface area contributed by atoms with Crippen molar-refractivity contribution in [2.45, 2.75) is 58.0 Å². The van der Waals surface area contributed by atoms with Gasteiger partial charge in [0.25, 0.3) is 0 Å². The molecular formula is C15H27F3IN3. The van der Waals surface area contributed by atoms with Gasteiger partial charge < -0.3 is 10.2 Å². The Morgan fingerprint density at radius 2 is 1.95 bits per heavy atom. The average molecular weight is 433 g/mol. The maximum absolute atomic E-state index is 12.1. The first-order valence-electron chi connectivity index (χ1n) is 8.04. The van der Waals surface area contributed by atoms with Crippen LogP contribution in [0.25, 0.3) is 0 Å². The fraction of sp³-hybridized carbons (Fsp3) is 0.933. The van der Waals surface area contributed by atoms with E-state index in [-0.39, 0.29) is 30.4 Å². The van der Waals surface area contributed by atoms with E-state index in [4.69, 9.17) is 0 Å². The summed E-state index contributed by atoms with van der Waals surface area (Å²) in [4.78, 5) is 6.79. The normalized spacial score (nSPS) is 20.7. The molecule has 130 valence electrons. The molecule has 2 fully saturated rings. The Morgan fingerprint density at radius 1 is 1.23 bits per heavy atom. The highest BCUT2D eigenvalue weighted by Crippen LogP contribution is 2.47. The predicted molar refractivity (Wildman–Crippen MR) is 93.8 cm³/mol. The Labute approximate surface area is 148 Å². The van der Waals surface area contributed by atoms with Crippen molar-refractivity contribution >= 4 is 29.9 Å². The van der Waals surface area contributed by atoms with Crippen LogP contribution in [0.15, 0.2) is 4.99 Å². The molecule has 1 saturated heterocycles. The van der Waals surface area contributed by atoms with Crippen LogP contribution in [0.3, 0.4) is 0 Å². The number of nitrogens with zero attached hydrogens (tertiary/aromatic N) is 2. The average Bonchev–Trinajstić information content (AvgIpc) is 2.81. The number of guanidine groups is 1. The first-order chi connectivity index (χ1) is 9.94. The molecule has 2 rings (SSSR count). The molecule has 0 atom stereocenters. The van der Waals surface area contributed by atoms with Gasteiger partial charge in [-0.3, -0.25) is 4.99 Å². The van der Waals surface area contributed by atoms with Gasteiger partial charge in [-0.1, -0.05) is 6.42 Å². The predicted octanol–water partition coefficient (Wildman–Crippen LogP) is 4.18. The number of alkyl halides is 3. The molecule has 1 heterocycles. The van der Waals surface area contributed by atoms with Crippen molar-refractivity contribution in [1.82, 2.24) is 10.2 Å². The first-order valence-corrected chi connectivity index (χ1v) is 8.04. The van der Waals surface area contributed by atoms with E-state index in [9.17, 15) is 13.2 Å². The molecule has 0 amide bonds. The molecule has 1 N–H and O–H groups in total. The lowest BCUT2D eigenvalue weighted by Gasteiger charge is -2.38. The van der Waals surface area contributed by atoms with Gasteiger partial charge in [0.15, 0.2) is 5.96 Å². The van der Waals surface area contributed by atoms with E-state index in [1.807, 2.05) is 6.92 Å². The lowest BCUT2D eigenvalue weighted by Crippen LogP contribution is -2.42. The van der Waals surface area contributed by atoms with E-state index >= 15 is 0 Å². The van der Waals surface area contributed by atoms with Gasteiger partial charge in [-0.05, 0) is 44.4 Å². The first kappa shape index (κ1) is 19.8. The highest BCUT2D eigenvalue weighted by atomic mass is 127. The molecule has 0 aromatic heterocycles. The molecule has 0 bridgehead atoms. The maximum atomic E-state index is 12.1. The Morgan fingerprint density at radius 3 is 2.45 bits per heavy atom. The summed E-state index contributed by atoms with van der Waals surface area (Å²) >= 11 is 0. The second kappa shape index (κ2) is 8.59. The summed E-state index contributed by atoms with van der Waals surface area (Å²) in [6.45, 7) is 5.37. The summed E-state index contributed by atoms with van der Waals surface area (Å²) < 4.78 is 36.2. The van der Waals surface area contributed by atoms with E-state index in [1.54, 1.807) is 0 Å². The largest absolute Gasteiger partial charge is 0.389 e. The lowest BCUT2D eigenvalue weighted by atomic mass is 9.68. The molecule has 7 heteroatoms. The Bertz CT molecular complexity index is 368. The standard InChI is InChI=1S/C15H26F3N3.HI/c1-2-19-13(20-10-4-3-8-15(16,17)18)21-11-9-14(12-21)6-5-7-14;/h2-12H2,1H3,(H,19,20);1H. The van der Waals surface area contributed by atoms with Crippen LogP contribution in [0.4, 0.5) is 13.2 Å². The monoisotopic (exact) mass is 433 g/mol. The van der Waals surface area contributed by atoms with Gasteiger partial charge in [0.2, 0.25) is 0 Å². The van der Waals surface area contributed by atoms with Crippen molar-refractivity contribution in [3.05, 3.63) is 0 Å². The number of likely N-dealkylation sites (tertiary alicyclic amines) is 1. The van der Waals surface area contributed by atoms with Crippen molar-refractivity contribution in [3.63, 3.8) is 0 Å². The smallest absolute Gasteiger partial charge is 0.357 e. The van der Waals surface area contributed by atoms with Gasteiger partial charge in [0.05, 0.1) is 0 Å². The zero-order chi connectivity index (χ0) is 15.3. The van der Waals surface area contributed by atoms with Gasteiger partial charge in [0, 0.05) is 32.6 Å². The molecule has 22 heavy (non-hydrogen) atoms. The van der Waals surface area contributed by atoms with Crippen molar-refractivity contribution in [1.29, 1.82) is 0 Å². The van der Waals surface area contributed by atoms with Crippen molar-refractivity contribution < 1.29 is 13.2 Å². The minimum atomic E-state index is -4.04. The van der Waals surface area contributed by atoms with Gasteiger partial charge in [-0.2, -0.15) is 13.2 Å². The van der Waals surface area contributed by atoms with Crippen molar-refractivity contribution in [2.24, 2.45) is 10.4 Å². The number of hydrogen-bond donors (Lipinski definition) is 1. The minimum absolute atomic E-state index is 0. The highest BCUT2D eigenvalue weighted by molar-refractivity contribution is 14.0. The van der Waals surface area contributed by atoms with E-state index in [2.05, 4.69) is 15.2 Å². The van der Waals surface area contributed by atoms with E-state index in [0.29, 0.717) is 18.4 Å². The maximum Gasteiger partial charge on any atom is 0.389 e. The second-order valence-electron chi connectivity index (χ2n) is 6.33. The van der Waals surface area contributed by atoms with Crippen LogP contribution in [0.1, 0.15) is 51.9 Å². The molecule has 1 saturated carbocycles. The summed E-state index contributed by atoms with van der Waals surface area (Å²) in [5, 5.41) is 3.27. The fourth-order valence-electron chi connectivity index (χ4n) is 3.25. The van der Waals surface area contributed by atoms with Crippen LogP contribution in [0.2, 0.25) is 0 Å². The third-order valence-corrected chi connectivity index (χ3v) is 4.62. The molecule has 0 radical (unpaired) electrons. The second-order valence-corrected chi connectivity index (χ2v) is 6.33. The number of aliphatic imine (C=N–C) groups is 1. The van der Waals surface area contributed by atoms with E-state index in [0.717, 1.165) is 25.6 Å². The summed E-state index contributed by atoms with van der Waals surface area (Å²) in [5.74, 6) is 0.883. The minimum Gasteiger partial charge on any atom is -0.357 e. The number of nitrogens with one attached hydrogen (secondary N) is 1. The zero-order valence-electron chi connectivity index (χ0n) is 13.2. The van der Waals surface area contributed by atoms with Crippen molar-refractivity contribution in [3.8, 4) is 0 Å². The van der Waals surface area contributed by atoms with E-state index < -0.39 is 12.6 Å². The summed E-state index contributed by atoms with van der Waals surface area (Å²) in [5.41, 5.74) is 0.506. The summed E-state index contributed by atoms with van der Waals surface area (Å²) in [7, 11) is 0. The quantitative estimate of drug-likeness (QED) is 0.305. The third-order valence-electron chi connectivity index (χ3n) is 4.62. The van der Waals surface area contributed by atoms with Gasteiger partial charge in [0.1, 0.15) is 0 Å². The Hall–Kier alpha value is -0.210. The van der Waals surface area contributed by atoms with Crippen LogP contribution in [0, 0.1) is 5.41 Å². The SMILES string of the molecule is CCNC(=NCCCCC(F)(F)F)N1CCC2(CCC2)C1.I. The van der Waals surface area contributed by atoms with Crippen LogP contribution >= 0.6 is 24.0 Å². The molecule has 1 aliphatic heterocycles. The van der Waals surface area contributed by atoms with Gasteiger partial charge in [-0.25, -0.2) is 0 Å². The van der Waals surface area contributed by atoms with Crippen LogP contribution in [0.5, 0.6) is 0 Å². The number of hydrogen-bond acceptors (Lipinski definition) is 1. The molecule has 0 aromatic rings. The Kier molecular flexibility index (Phi) is 7.74.